The van der Waals surface area contributed by atoms with E-state index in [4.69, 9.17) is 5.11 Å². The first-order valence-electron chi connectivity index (χ1n) is 4.63. The maximum Gasteiger partial charge on any atom is 0.0590 e. The topological polar surface area (TPSA) is 40.5 Å². The molecule has 1 saturated carbocycles. The second-order valence-electron chi connectivity index (χ2n) is 3.48. The van der Waals surface area contributed by atoms with Crippen LogP contribution in [0.2, 0.25) is 0 Å². The summed E-state index contributed by atoms with van der Waals surface area (Å²) in [7, 11) is 0. The van der Waals surface area contributed by atoms with Crippen molar-refractivity contribution in [1.82, 2.24) is 0 Å². The quantitative estimate of drug-likeness (QED) is 0.650. The van der Waals surface area contributed by atoms with Gasteiger partial charge >= 0.3 is 0 Å². The minimum Gasteiger partial charge on any atom is -0.396 e. The lowest BCUT2D eigenvalue weighted by atomic mass is 9.84. The van der Waals surface area contributed by atoms with Crippen molar-refractivity contribution < 1.29 is 10.2 Å². The molecule has 0 amide bonds. The third-order valence-corrected chi connectivity index (χ3v) is 2.62. The van der Waals surface area contributed by atoms with Gasteiger partial charge in [0, 0.05) is 6.61 Å². The molecule has 0 aromatic carbocycles. The first-order chi connectivity index (χ1) is 5.34. The van der Waals surface area contributed by atoms with Gasteiger partial charge in [-0.2, -0.15) is 0 Å². The molecule has 0 radical (unpaired) electrons. The summed E-state index contributed by atoms with van der Waals surface area (Å²) >= 11 is 0. The molecule has 0 unspecified atom stereocenters. The summed E-state index contributed by atoms with van der Waals surface area (Å²) in [5, 5.41) is 18.1. The lowest BCUT2D eigenvalue weighted by Gasteiger charge is -2.25. The van der Waals surface area contributed by atoms with Crippen LogP contribution in [0.4, 0.5) is 0 Å². The molecule has 1 fully saturated rings. The van der Waals surface area contributed by atoms with Crippen LogP contribution in [0.3, 0.4) is 0 Å². The third kappa shape index (κ3) is 2.80. The van der Waals surface area contributed by atoms with Gasteiger partial charge in [-0.05, 0) is 25.2 Å². The van der Waals surface area contributed by atoms with Crippen LogP contribution in [-0.4, -0.2) is 22.9 Å². The highest BCUT2D eigenvalue weighted by molar-refractivity contribution is 4.72. The van der Waals surface area contributed by atoms with E-state index in [1.165, 1.54) is 19.3 Å². The molecule has 0 bridgehead atoms. The van der Waals surface area contributed by atoms with Crippen LogP contribution in [0.15, 0.2) is 0 Å². The third-order valence-electron chi connectivity index (χ3n) is 2.62. The van der Waals surface area contributed by atoms with Crippen molar-refractivity contribution in [3.05, 3.63) is 0 Å². The minimum atomic E-state index is -0.250. The molecule has 0 spiro atoms. The van der Waals surface area contributed by atoms with Gasteiger partial charge in [0.15, 0.2) is 0 Å². The van der Waals surface area contributed by atoms with E-state index in [1.54, 1.807) is 0 Å². The van der Waals surface area contributed by atoms with Crippen molar-refractivity contribution >= 4 is 0 Å². The van der Waals surface area contributed by atoms with Crippen molar-refractivity contribution in [2.45, 2.75) is 44.6 Å². The van der Waals surface area contributed by atoms with Crippen molar-refractivity contribution in [3.63, 3.8) is 0 Å². The van der Waals surface area contributed by atoms with Crippen LogP contribution in [-0.2, 0) is 0 Å². The Balaban J connectivity index is 2.21. The van der Waals surface area contributed by atoms with E-state index < -0.39 is 0 Å². The average molecular weight is 158 g/mol. The van der Waals surface area contributed by atoms with E-state index in [1.807, 2.05) is 0 Å². The Morgan fingerprint density at radius 3 is 2.36 bits per heavy atom. The maximum atomic E-state index is 9.51. The highest BCUT2D eigenvalue weighted by atomic mass is 16.3. The van der Waals surface area contributed by atoms with Gasteiger partial charge in [-0.15, -0.1) is 0 Å². The predicted octanol–water partition coefficient (Wildman–Crippen LogP) is 1.31. The summed E-state index contributed by atoms with van der Waals surface area (Å²) in [6.45, 7) is 0.123. The van der Waals surface area contributed by atoms with E-state index in [0.717, 1.165) is 12.8 Å². The molecule has 0 aromatic heterocycles. The first kappa shape index (κ1) is 9.01. The number of aliphatic hydroxyl groups excluding tert-OH is 2. The summed E-state index contributed by atoms with van der Waals surface area (Å²) in [6, 6.07) is 0. The van der Waals surface area contributed by atoms with Gasteiger partial charge in [-0.1, -0.05) is 19.3 Å². The Labute approximate surface area is 68.2 Å². The molecule has 0 heterocycles. The molecule has 1 rings (SSSR count). The van der Waals surface area contributed by atoms with E-state index >= 15 is 0 Å². The molecule has 1 atom stereocenters. The minimum absolute atomic E-state index is 0.123. The van der Waals surface area contributed by atoms with E-state index in [-0.39, 0.29) is 12.7 Å². The summed E-state index contributed by atoms with van der Waals surface area (Å²) in [4.78, 5) is 0. The Bertz CT molecular complexity index is 97.7. The highest BCUT2D eigenvalue weighted by Crippen LogP contribution is 2.27. The molecular formula is C9H18O2. The van der Waals surface area contributed by atoms with Gasteiger partial charge in [0.25, 0.3) is 0 Å². The Hall–Kier alpha value is -0.0800. The Morgan fingerprint density at radius 2 is 1.82 bits per heavy atom. The lowest BCUT2D eigenvalue weighted by Crippen LogP contribution is -2.23. The van der Waals surface area contributed by atoms with Gasteiger partial charge < -0.3 is 10.2 Å². The standard InChI is InChI=1S/C9H18O2/c10-7-6-9(11)8-4-2-1-3-5-8/h8-11H,1-7H2/t9-/m0/s1. The average Bonchev–Trinajstić information content (AvgIpc) is 2.07. The first-order valence-corrected chi connectivity index (χ1v) is 4.63. The molecule has 66 valence electrons. The smallest absolute Gasteiger partial charge is 0.0590 e. The van der Waals surface area contributed by atoms with Crippen LogP contribution in [0.25, 0.3) is 0 Å². The number of hydrogen-bond acceptors (Lipinski definition) is 2. The summed E-state index contributed by atoms with van der Waals surface area (Å²) in [5.74, 6) is 0.468. The fraction of sp³-hybridized carbons (Fsp3) is 1.00. The zero-order chi connectivity index (χ0) is 8.10. The fourth-order valence-corrected chi connectivity index (χ4v) is 1.89. The Morgan fingerprint density at radius 1 is 1.18 bits per heavy atom. The van der Waals surface area contributed by atoms with Crippen molar-refractivity contribution in [3.8, 4) is 0 Å². The van der Waals surface area contributed by atoms with Crippen molar-refractivity contribution in [2.75, 3.05) is 6.61 Å². The van der Waals surface area contributed by atoms with Crippen LogP contribution >= 0.6 is 0 Å². The largest absolute Gasteiger partial charge is 0.396 e. The lowest BCUT2D eigenvalue weighted by molar-refractivity contribution is 0.0607. The van der Waals surface area contributed by atoms with Crippen molar-refractivity contribution in [2.24, 2.45) is 5.92 Å². The van der Waals surface area contributed by atoms with Gasteiger partial charge in [0.05, 0.1) is 6.10 Å². The SMILES string of the molecule is OCC[C@H](O)C1CCCCC1. The van der Waals surface area contributed by atoms with Gasteiger partial charge in [0.2, 0.25) is 0 Å². The predicted molar refractivity (Wildman–Crippen MR) is 44.3 cm³/mol. The van der Waals surface area contributed by atoms with Gasteiger partial charge in [-0.3, -0.25) is 0 Å². The molecule has 0 aliphatic heterocycles. The molecule has 2 heteroatoms. The highest BCUT2D eigenvalue weighted by Gasteiger charge is 2.20. The van der Waals surface area contributed by atoms with Crippen LogP contribution in [0.1, 0.15) is 38.5 Å². The maximum absolute atomic E-state index is 9.51. The second-order valence-corrected chi connectivity index (χ2v) is 3.48. The number of aliphatic hydroxyl groups is 2. The van der Waals surface area contributed by atoms with E-state index in [2.05, 4.69) is 0 Å². The number of rotatable bonds is 3. The number of hydrogen-bond donors (Lipinski definition) is 2. The zero-order valence-corrected chi connectivity index (χ0v) is 7.00. The molecule has 1 aliphatic rings. The van der Waals surface area contributed by atoms with Crippen LogP contribution in [0.5, 0.6) is 0 Å². The summed E-state index contributed by atoms with van der Waals surface area (Å²) in [6.07, 6.45) is 6.45. The fourth-order valence-electron chi connectivity index (χ4n) is 1.89. The second kappa shape index (κ2) is 4.73. The molecule has 11 heavy (non-hydrogen) atoms. The van der Waals surface area contributed by atoms with E-state index in [0.29, 0.717) is 12.3 Å². The molecule has 2 N–H and O–H groups in total. The summed E-state index contributed by atoms with van der Waals surface area (Å²) in [5.41, 5.74) is 0. The zero-order valence-electron chi connectivity index (χ0n) is 7.00. The van der Waals surface area contributed by atoms with Gasteiger partial charge in [-0.25, -0.2) is 0 Å². The van der Waals surface area contributed by atoms with Crippen LogP contribution < -0.4 is 0 Å². The molecule has 2 nitrogen and oxygen atoms in total. The summed E-state index contributed by atoms with van der Waals surface area (Å²) < 4.78 is 0. The van der Waals surface area contributed by atoms with Crippen molar-refractivity contribution in [1.29, 1.82) is 0 Å². The molecule has 1 aliphatic carbocycles. The normalized spacial score (nSPS) is 23.5. The van der Waals surface area contributed by atoms with E-state index in [9.17, 15) is 5.11 Å². The molecule has 0 aromatic rings. The Kier molecular flexibility index (Phi) is 3.87. The molecule has 0 saturated heterocycles. The monoisotopic (exact) mass is 158 g/mol. The van der Waals surface area contributed by atoms with Gasteiger partial charge in [0.1, 0.15) is 0 Å². The molecular weight excluding hydrogens is 140 g/mol. The van der Waals surface area contributed by atoms with Crippen LogP contribution in [0, 0.1) is 5.92 Å².